The third kappa shape index (κ3) is 4.31. The van der Waals surface area contributed by atoms with E-state index in [1.807, 2.05) is 29.2 Å². The second-order valence-corrected chi connectivity index (χ2v) is 8.53. The molecule has 2 atom stereocenters. The van der Waals surface area contributed by atoms with E-state index in [2.05, 4.69) is 0 Å². The largest absolute Gasteiger partial charge is 0.497 e. The quantitative estimate of drug-likeness (QED) is 0.735. The summed E-state index contributed by atoms with van der Waals surface area (Å²) in [5.41, 5.74) is 1.62. The van der Waals surface area contributed by atoms with Gasteiger partial charge in [0.1, 0.15) is 5.75 Å². The Balaban J connectivity index is 1.60. The molecule has 0 aliphatic carbocycles. The first-order chi connectivity index (χ1) is 14.6. The van der Waals surface area contributed by atoms with Crippen molar-refractivity contribution in [2.75, 3.05) is 33.3 Å². The summed E-state index contributed by atoms with van der Waals surface area (Å²) in [5.74, 6) is 0.595. The van der Waals surface area contributed by atoms with E-state index in [9.17, 15) is 9.59 Å². The van der Waals surface area contributed by atoms with E-state index in [4.69, 9.17) is 16.3 Å². The normalized spacial score (nSPS) is 21.5. The molecule has 2 aliphatic rings. The highest BCUT2D eigenvalue weighted by molar-refractivity contribution is 6.30. The van der Waals surface area contributed by atoms with Crippen molar-refractivity contribution in [1.29, 1.82) is 0 Å². The van der Waals surface area contributed by atoms with Crippen molar-refractivity contribution < 1.29 is 14.3 Å². The zero-order valence-corrected chi connectivity index (χ0v) is 18.0. The standard InChI is InChI=1S/C24H27ClN2O3/c1-30-20-10-8-17(9-11-20)21-15-27(23(28)18-6-5-7-19(25)14-18)16-22(21)24(29)26-12-3-2-4-13-26/h5-11,14,21-22H,2-4,12-13,15-16H2,1H3. The van der Waals surface area contributed by atoms with Crippen LogP contribution in [0.3, 0.4) is 0 Å². The van der Waals surface area contributed by atoms with Gasteiger partial charge in [-0.1, -0.05) is 29.8 Å². The van der Waals surface area contributed by atoms with Gasteiger partial charge in [0.05, 0.1) is 13.0 Å². The first-order valence-corrected chi connectivity index (χ1v) is 10.9. The zero-order chi connectivity index (χ0) is 21.1. The van der Waals surface area contributed by atoms with Gasteiger partial charge in [0.15, 0.2) is 0 Å². The number of amides is 2. The molecule has 4 rings (SSSR count). The monoisotopic (exact) mass is 426 g/mol. The van der Waals surface area contributed by atoms with Gasteiger partial charge in [-0.2, -0.15) is 0 Å². The Bertz CT molecular complexity index is 909. The average Bonchev–Trinajstić information content (AvgIpc) is 3.24. The van der Waals surface area contributed by atoms with E-state index in [-0.39, 0.29) is 23.7 Å². The van der Waals surface area contributed by atoms with Gasteiger partial charge in [-0.15, -0.1) is 0 Å². The van der Waals surface area contributed by atoms with Crippen LogP contribution in [0.5, 0.6) is 5.75 Å². The van der Waals surface area contributed by atoms with E-state index in [0.29, 0.717) is 23.7 Å². The fourth-order valence-corrected chi connectivity index (χ4v) is 4.75. The minimum absolute atomic E-state index is 0.0338. The number of carbonyl (C=O) groups excluding carboxylic acids is 2. The van der Waals surface area contributed by atoms with Crippen molar-refractivity contribution in [2.45, 2.75) is 25.2 Å². The Kier molecular flexibility index (Phi) is 6.28. The topological polar surface area (TPSA) is 49.9 Å². The molecule has 30 heavy (non-hydrogen) atoms. The van der Waals surface area contributed by atoms with Gasteiger partial charge in [0, 0.05) is 42.7 Å². The lowest BCUT2D eigenvalue weighted by Gasteiger charge is -2.31. The molecule has 0 N–H and O–H groups in total. The summed E-state index contributed by atoms with van der Waals surface area (Å²) in [4.78, 5) is 30.3. The van der Waals surface area contributed by atoms with Crippen LogP contribution in [-0.2, 0) is 4.79 Å². The number of hydrogen-bond acceptors (Lipinski definition) is 3. The van der Waals surface area contributed by atoms with Crippen molar-refractivity contribution in [3.8, 4) is 5.75 Å². The summed E-state index contributed by atoms with van der Waals surface area (Å²) in [5, 5.41) is 0.535. The Morgan fingerprint density at radius 2 is 1.70 bits per heavy atom. The fourth-order valence-electron chi connectivity index (χ4n) is 4.56. The van der Waals surface area contributed by atoms with Crippen LogP contribution in [-0.4, -0.2) is 54.9 Å². The highest BCUT2D eigenvalue weighted by atomic mass is 35.5. The Labute approximate surface area is 182 Å². The molecular weight excluding hydrogens is 400 g/mol. The summed E-state index contributed by atoms with van der Waals surface area (Å²) in [6.45, 7) is 2.57. The fraction of sp³-hybridized carbons (Fsp3) is 0.417. The number of ether oxygens (including phenoxy) is 1. The van der Waals surface area contributed by atoms with Crippen molar-refractivity contribution in [1.82, 2.24) is 9.80 Å². The van der Waals surface area contributed by atoms with Gasteiger partial charge in [0.2, 0.25) is 5.91 Å². The van der Waals surface area contributed by atoms with Gasteiger partial charge >= 0.3 is 0 Å². The molecule has 5 nitrogen and oxygen atoms in total. The average molecular weight is 427 g/mol. The van der Waals surface area contributed by atoms with Gasteiger partial charge in [-0.3, -0.25) is 9.59 Å². The minimum atomic E-state index is -0.236. The third-order valence-corrected chi connectivity index (χ3v) is 6.44. The van der Waals surface area contributed by atoms with E-state index in [0.717, 1.165) is 37.2 Å². The Hall–Kier alpha value is -2.53. The summed E-state index contributed by atoms with van der Waals surface area (Å²) >= 11 is 6.09. The Morgan fingerprint density at radius 3 is 2.37 bits per heavy atom. The highest BCUT2D eigenvalue weighted by Crippen LogP contribution is 2.36. The molecule has 158 valence electrons. The molecule has 0 bridgehead atoms. The van der Waals surface area contributed by atoms with Crippen LogP contribution in [0.15, 0.2) is 48.5 Å². The first-order valence-electron chi connectivity index (χ1n) is 10.5. The van der Waals surface area contributed by atoms with Crippen LogP contribution >= 0.6 is 11.6 Å². The Morgan fingerprint density at radius 1 is 0.967 bits per heavy atom. The molecule has 2 fully saturated rings. The van der Waals surface area contributed by atoms with E-state index >= 15 is 0 Å². The molecule has 0 radical (unpaired) electrons. The van der Waals surface area contributed by atoms with Crippen LogP contribution in [0, 0.1) is 5.92 Å². The second-order valence-electron chi connectivity index (χ2n) is 8.09. The van der Waals surface area contributed by atoms with Crippen LogP contribution in [0.4, 0.5) is 0 Å². The molecule has 2 unspecified atom stereocenters. The van der Waals surface area contributed by atoms with Crippen LogP contribution < -0.4 is 4.74 Å². The number of carbonyl (C=O) groups is 2. The summed E-state index contributed by atoms with van der Waals surface area (Å²) in [6, 6.07) is 14.8. The smallest absolute Gasteiger partial charge is 0.253 e. The van der Waals surface area contributed by atoms with Gasteiger partial charge in [0.25, 0.3) is 5.91 Å². The van der Waals surface area contributed by atoms with E-state index in [1.165, 1.54) is 6.42 Å². The molecule has 6 heteroatoms. The lowest BCUT2D eigenvalue weighted by atomic mass is 9.87. The predicted octanol–water partition coefficient (Wildman–Crippen LogP) is 4.22. The zero-order valence-electron chi connectivity index (χ0n) is 17.2. The number of rotatable bonds is 4. The molecule has 2 aromatic rings. The molecule has 2 aromatic carbocycles. The van der Waals surface area contributed by atoms with E-state index in [1.54, 1.807) is 36.3 Å². The summed E-state index contributed by atoms with van der Waals surface area (Å²) in [7, 11) is 1.64. The number of halogens is 1. The lowest BCUT2D eigenvalue weighted by molar-refractivity contribution is -0.136. The minimum Gasteiger partial charge on any atom is -0.497 e. The number of benzene rings is 2. The molecule has 2 amide bonds. The number of likely N-dealkylation sites (tertiary alicyclic amines) is 2. The van der Waals surface area contributed by atoms with Crippen LogP contribution in [0.25, 0.3) is 0 Å². The molecule has 2 aliphatic heterocycles. The molecule has 2 heterocycles. The maximum absolute atomic E-state index is 13.4. The number of nitrogens with zero attached hydrogens (tertiary/aromatic N) is 2. The first kappa shape index (κ1) is 20.7. The third-order valence-electron chi connectivity index (χ3n) is 6.21. The van der Waals surface area contributed by atoms with Crippen LogP contribution in [0.1, 0.15) is 41.1 Å². The molecule has 0 aromatic heterocycles. The SMILES string of the molecule is COc1ccc(C2CN(C(=O)c3cccc(Cl)c3)CC2C(=O)N2CCCCC2)cc1. The number of hydrogen-bond donors (Lipinski definition) is 0. The van der Waals surface area contributed by atoms with Crippen molar-refractivity contribution in [2.24, 2.45) is 5.92 Å². The van der Waals surface area contributed by atoms with Crippen molar-refractivity contribution in [3.05, 3.63) is 64.7 Å². The number of methoxy groups -OCH3 is 1. The number of piperidine rings is 1. The molecule has 0 spiro atoms. The lowest BCUT2D eigenvalue weighted by Crippen LogP contribution is -2.42. The molecular formula is C24H27ClN2O3. The van der Waals surface area contributed by atoms with Gasteiger partial charge < -0.3 is 14.5 Å². The summed E-state index contributed by atoms with van der Waals surface area (Å²) < 4.78 is 5.28. The maximum Gasteiger partial charge on any atom is 0.253 e. The second kappa shape index (κ2) is 9.09. The van der Waals surface area contributed by atoms with Gasteiger partial charge in [-0.05, 0) is 55.2 Å². The highest BCUT2D eigenvalue weighted by Gasteiger charge is 2.42. The van der Waals surface area contributed by atoms with Gasteiger partial charge in [-0.25, -0.2) is 0 Å². The van der Waals surface area contributed by atoms with E-state index < -0.39 is 0 Å². The molecule has 0 saturated carbocycles. The van der Waals surface area contributed by atoms with Crippen molar-refractivity contribution in [3.63, 3.8) is 0 Å². The summed E-state index contributed by atoms with van der Waals surface area (Å²) in [6.07, 6.45) is 3.28. The van der Waals surface area contributed by atoms with Crippen LogP contribution in [0.2, 0.25) is 5.02 Å². The maximum atomic E-state index is 13.4. The molecule has 2 saturated heterocycles. The van der Waals surface area contributed by atoms with Crippen molar-refractivity contribution >= 4 is 23.4 Å². The predicted molar refractivity (Wildman–Crippen MR) is 117 cm³/mol.